The number of hydrogen-bond donors (Lipinski definition) is 1. The molecular weight excluding hydrogens is 276 g/mol. The van der Waals surface area contributed by atoms with Crippen LogP contribution in [0, 0.1) is 6.92 Å². The van der Waals surface area contributed by atoms with Gasteiger partial charge in [-0.1, -0.05) is 6.92 Å². The lowest BCUT2D eigenvalue weighted by Crippen LogP contribution is -2.10. The maximum absolute atomic E-state index is 12.1. The summed E-state index contributed by atoms with van der Waals surface area (Å²) < 4.78 is 0. The van der Waals surface area contributed by atoms with Gasteiger partial charge in [-0.05, 0) is 43.4 Å². The van der Waals surface area contributed by atoms with Gasteiger partial charge in [-0.2, -0.15) is 0 Å². The Hall–Kier alpha value is -1.33. The third kappa shape index (κ3) is 3.36. The molecule has 0 aliphatic rings. The van der Waals surface area contributed by atoms with E-state index in [0.717, 1.165) is 22.0 Å². The number of carbonyl (C=O) groups excluding carboxylic acids is 1. The van der Waals surface area contributed by atoms with Crippen LogP contribution in [0.15, 0.2) is 29.4 Å². The molecule has 2 aromatic heterocycles. The van der Waals surface area contributed by atoms with Gasteiger partial charge in [0.1, 0.15) is 0 Å². The van der Waals surface area contributed by atoms with Crippen molar-refractivity contribution in [1.82, 2.24) is 4.98 Å². The molecule has 0 aliphatic heterocycles. The summed E-state index contributed by atoms with van der Waals surface area (Å²) in [4.78, 5) is 18.4. The van der Waals surface area contributed by atoms with Gasteiger partial charge >= 0.3 is 0 Å². The zero-order valence-corrected chi connectivity index (χ0v) is 12.8. The van der Waals surface area contributed by atoms with Crippen molar-refractivity contribution in [2.24, 2.45) is 0 Å². The maximum atomic E-state index is 12.1. The SMILES string of the molecule is CCc1sc(C(=O)Nc2ccc(SC)nc2)cc1C. The van der Waals surface area contributed by atoms with Crippen molar-refractivity contribution in [1.29, 1.82) is 0 Å². The molecule has 19 heavy (non-hydrogen) atoms. The summed E-state index contributed by atoms with van der Waals surface area (Å²) >= 11 is 3.14. The van der Waals surface area contributed by atoms with E-state index in [9.17, 15) is 4.79 Å². The third-order valence-corrected chi connectivity index (χ3v) is 4.81. The predicted molar refractivity (Wildman–Crippen MR) is 82.4 cm³/mol. The van der Waals surface area contributed by atoms with Crippen molar-refractivity contribution in [2.45, 2.75) is 25.3 Å². The molecule has 2 aromatic rings. The van der Waals surface area contributed by atoms with Gasteiger partial charge in [-0.25, -0.2) is 4.98 Å². The highest BCUT2D eigenvalue weighted by molar-refractivity contribution is 7.98. The van der Waals surface area contributed by atoms with Crippen LogP contribution < -0.4 is 5.32 Å². The van der Waals surface area contributed by atoms with Crippen LogP contribution in [0.2, 0.25) is 0 Å². The molecule has 0 saturated heterocycles. The predicted octanol–water partition coefficient (Wildman–Crippen LogP) is 3.99. The van der Waals surface area contributed by atoms with E-state index in [2.05, 4.69) is 17.2 Å². The van der Waals surface area contributed by atoms with E-state index in [1.807, 2.05) is 31.4 Å². The number of nitrogens with one attached hydrogen (secondary N) is 1. The smallest absolute Gasteiger partial charge is 0.265 e. The first-order valence-electron chi connectivity index (χ1n) is 6.04. The fourth-order valence-corrected chi connectivity index (χ4v) is 3.12. The molecule has 0 spiro atoms. The lowest BCUT2D eigenvalue weighted by atomic mass is 10.2. The second-order valence-corrected chi connectivity index (χ2v) is 6.08. The lowest BCUT2D eigenvalue weighted by molar-refractivity contribution is 0.103. The quantitative estimate of drug-likeness (QED) is 0.866. The first-order valence-corrected chi connectivity index (χ1v) is 8.09. The molecule has 0 aromatic carbocycles. The number of anilines is 1. The Labute approximate surface area is 121 Å². The number of pyridine rings is 1. The largest absolute Gasteiger partial charge is 0.320 e. The summed E-state index contributed by atoms with van der Waals surface area (Å²) in [7, 11) is 0. The lowest BCUT2D eigenvalue weighted by Gasteiger charge is -2.03. The monoisotopic (exact) mass is 292 g/mol. The number of rotatable bonds is 4. The molecular formula is C14H16N2OS2. The van der Waals surface area contributed by atoms with Crippen LogP contribution in [-0.4, -0.2) is 17.1 Å². The van der Waals surface area contributed by atoms with Crippen LogP contribution in [0.1, 0.15) is 27.0 Å². The average Bonchev–Trinajstić information content (AvgIpc) is 2.81. The standard InChI is InChI=1S/C14H16N2OS2/c1-4-11-9(2)7-12(19-11)14(17)16-10-5-6-13(18-3)15-8-10/h5-8H,4H2,1-3H3,(H,16,17). The summed E-state index contributed by atoms with van der Waals surface area (Å²) in [5.74, 6) is -0.0634. The fourth-order valence-electron chi connectivity index (χ4n) is 1.75. The molecule has 0 atom stereocenters. The van der Waals surface area contributed by atoms with Gasteiger partial charge in [0.15, 0.2) is 0 Å². The molecule has 0 bridgehead atoms. The molecule has 2 rings (SSSR count). The molecule has 3 nitrogen and oxygen atoms in total. The van der Waals surface area contributed by atoms with Gasteiger partial charge in [-0.3, -0.25) is 4.79 Å². The highest BCUT2D eigenvalue weighted by Crippen LogP contribution is 2.23. The minimum Gasteiger partial charge on any atom is -0.320 e. The minimum absolute atomic E-state index is 0.0634. The van der Waals surface area contributed by atoms with Gasteiger partial charge in [-0.15, -0.1) is 23.1 Å². The first-order chi connectivity index (χ1) is 9.13. The number of thiophene rings is 1. The Kier molecular flexibility index (Phi) is 4.61. The molecule has 5 heteroatoms. The normalized spacial score (nSPS) is 10.5. The molecule has 0 unspecified atom stereocenters. The van der Waals surface area contributed by atoms with Crippen molar-refractivity contribution < 1.29 is 4.79 Å². The topological polar surface area (TPSA) is 42.0 Å². The van der Waals surface area contributed by atoms with Crippen molar-refractivity contribution in [3.05, 3.63) is 39.7 Å². The first kappa shape index (κ1) is 14.1. The molecule has 100 valence electrons. The Morgan fingerprint density at radius 1 is 1.47 bits per heavy atom. The van der Waals surface area contributed by atoms with Gasteiger partial charge in [0, 0.05) is 4.88 Å². The Bertz CT molecular complexity index is 576. The van der Waals surface area contributed by atoms with E-state index in [4.69, 9.17) is 0 Å². The van der Waals surface area contributed by atoms with Crippen molar-refractivity contribution >= 4 is 34.7 Å². The number of amides is 1. The molecule has 1 amide bonds. The summed E-state index contributed by atoms with van der Waals surface area (Å²) in [6.07, 6.45) is 4.62. The summed E-state index contributed by atoms with van der Waals surface area (Å²) in [5, 5.41) is 3.82. The van der Waals surface area contributed by atoms with E-state index in [-0.39, 0.29) is 5.91 Å². The van der Waals surface area contributed by atoms with E-state index in [1.165, 1.54) is 10.4 Å². The number of carbonyl (C=O) groups is 1. The van der Waals surface area contributed by atoms with E-state index < -0.39 is 0 Å². The number of thioether (sulfide) groups is 1. The van der Waals surface area contributed by atoms with Crippen LogP contribution >= 0.6 is 23.1 Å². The fraction of sp³-hybridized carbons (Fsp3) is 0.286. The third-order valence-electron chi connectivity index (χ3n) is 2.77. The second-order valence-electron chi connectivity index (χ2n) is 4.11. The highest BCUT2D eigenvalue weighted by atomic mass is 32.2. The zero-order chi connectivity index (χ0) is 13.8. The van der Waals surface area contributed by atoms with E-state index in [0.29, 0.717) is 0 Å². The maximum Gasteiger partial charge on any atom is 0.265 e. The summed E-state index contributed by atoms with van der Waals surface area (Å²) in [6, 6.07) is 5.72. The minimum atomic E-state index is -0.0634. The van der Waals surface area contributed by atoms with Gasteiger partial charge in [0.05, 0.1) is 21.8 Å². The number of aromatic nitrogens is 1. The Morgan fingerprint density at radius 3 is 2.79 bits per heavy atom. The van der Waals surface area contributed by atoms with E-state index >= 15 is 0 Å². The van der Waals surface area contributed by atoms with Gasteiger partial charge < -0.3 is 5.32 Å². The molecule has 0 fully saturated rings. The van der Waals surface area contributed by atoms with Crippen LogP contribution in [0.3, 0.4) is 0 Å². The number of hydrogen-bond acceptors (Lipinski definition) is 4. The van der Waals surface area contributed by atoms with E-state index in [1.54, 1.807) is 29.3 Å². The number of nitrogens with zero attached hydrogens (tertiary/aromatic N) is 1. The van der Waals surface area contributed by atoms with Crippen molar-refractivity contribution in [3.8, 4) is 0 Å². The molecule has 0 saturated carbocycles. The summed E-state index contributed by atoms with van der Waals surface area (Å²) in [6.45, 7) is 4.15. The Morgan fingerprint density at radius 2 is 2.26 bits per heavy atom. The molecule has 0 aliphatic carbocycles. The van der Waals surface area contributed by atoms with Crippen LogP contribution in [0.5, 0.6) is 0 Å². The molecule has 2 heterocycles. The molecule has 1 N–H and O–H groups in total. The van der Waals surface area contributed by atoms with Gasteiger partial charge in [0.25, 0.3) is 5.91 Å². The second kappa shape index (κ2) is 6.21. The number of aryl methyl sites for hydroxylation is 2. The summed E-state index contributed by atoms with van der Waals surface area (Å²) in [5.41, 5.74) is 1.92. The average molecular weight is 292 g/mol. The zero-order valence-electron chi connectivity index (χ0n) is 11.2. The molecule has 0 radical (unpaired) electrons. The Balaban J connectivity index is 2.11. The van der Waals surface area contributed by atoms with Gasteiger partial charge in [0.2, 0.25) is 0 Å². The van der Waals surface area contributed by atoms with Crippen LogP contribution in [0.4, 0.5) is 5.69 Å². The van der Waals surface area contributed by atoms with Crippen LogP contribution in [-0.2, 0) is 6.42 Å². The highest BCUT2D eigenvalue weighted by Gasteiger charge is 2.11. The van der Waals surface area contributed by atoms with Crippen molar-refractivity contribution in [3.63, 3.8) is 0 Å². The van der Waals surface area contributed by atoms with Crippen LogP contribution in [0.25, 0.3) is 0 Å². The van der Waals surface area contributed by atoms with Crippen molar-refractivity contribution in [2.75, 3.05) is 11.6 Å².